The molecule has 0 aromatic heterocycles. The minimum Gasteiger partial charge on any atom is -0.320 e. The Labute approximate surface area is 202 Å². The van der Waals surface area contributed by atoms with Crippen LogP contribution in [0.15, 0.2) is 84.3 Å². The van der Waals surface area contributed by atoms with Crippen molar-refractivity contribution in [2.24, 2.45) is 0 Å². The predicted molar refractivity (Wildman–Crippen MR) is 133 cm³/mol. The van der Waals surface area contributed by atoms with Gasteiger partial charge < -0.3 is 5.32 Å². The zero-order valence-corrected chi connectivity index (χ0v) is 21.2. The second-order valence-corrected chi connectivity index (χ2v) is 11.9. The maximum absolute atomic E-state index is 13.0. The number of thioether (sulfide) groups is 1. The summed E-state index contributed by atoms with van der Waals surface area (Å²) in [6.45, 7) is 2.01. The number of carbonyl (C=O) groups excluding carboxylic acids is 1. The number of anilines is 1. The highest BCUT2D eigenvalue weighted by molar-refractivity contribution is 9.11. The number of sulfone groups is 1. The molecule has 4 nitrogen and oxygen atoms in total. The lowest BCUT2D eigenvalue weighted by Gasteiger charge is -2.19. The van der Waals surface area contributed by atoms with Crippen molar-refractivity contribution in [1.29, 1.82) is 0 Å². The summed E-state index contributed by atoms with van der Waals surface area (Å²) < 4.78 is 27.5. The third-order valence-electron chi connectivity index (χ3n) is 4.77. The number of fused-ring (bicyclic) bond motifs is 1. The molecule has 0 spiro atoms. The minimum atomic E-state index is -3.61. The number of hydrogen-bond donors (Lipinski definition) is 1. The smallest absolute Gasteiger partial charge is 0.262 e. The molecule has 0 fully saturated rings. The molecular weight excluding hydrogens is 562 g/mol. The van der Waals surface area contributed by atoms with Gasteiger partial charge in [0.1, 0.15) is 0 Å². The lowest BCUT2D eigenvalue weighted by atomic mass is 10.1. The molecular formula is C23H17Br2NO3S2. The van der Waals surface area contributed by atoms with E-state index < -0.39 is 9.84 Å². The van der Waals surface area contributed by atoms with Gasteiger partial charge >= 0.3 is 0 Å². The monoisotopic (exact) mass is 577 g/mol. The van der Waals surface area contributed by atoms with Crippen molar-refractivity contribution in [2.45, 2.75) is 22.5 Å². The summed E-state index contributed by atoms with van der Waals surface area (Å²) in [7, 11) is -3.61. The number of rotatable bonds is 4. The number of halogens is 2. The number of nitrogens with one attached hydrogen (secondary N) is 1. The van der Waals surface area contributed by atoms with Gasteiger partial charge in [0, 0.05) is 13.8 Å². The third-order valence-corrected chi connectivity index (χ3v) is 9.00. The normalized spacial score (nSPS) is 14.9. The lowest BCUT2D eigenvalue weighted by Crippen LogP contribution is -2.18. The van der Waals surface area contributed by atoms with Gasteiger partial charge in [0.15, 0.2) is 9.84 Å². The van der Waals surface area contributed by atoms with E-state index in [2.05, 4.69) is 37.2 Å². The molecule has 1 amide bonds. The van der Waals surface area contributed by atoms with Crippen LogP contribution in [0.5, 0.6) is 0 Å². The highest BCUT2D eigenvalue weighted by Gasteiger charge is 2.25. The zero-order valence-electron chi connectivity index (χ0n) is 16.4. The summed E-state index contributed by atoms with van der Waals surface area (Å²) in [6, 6.07) is 18.2. The average molecular weight is 579 g/mol. The molecule has 0 aliphatic carbocycles. The van der Waals surface area contributed by atoms with Crippen LogP contribution in [0.4, 0.5) is 5.69 Å². The van der Waals surface area contributed by atoms with E-state index in [1.807, 2.05) is 43.3 Å². The highest BCUT2D eigenvalue weighted by atomic mass is 79.9. The molecule has 0 bridgehead atoms. The van der Waals surface area contributed by atoms with E-state index in [0.717, 1.165) is 25.0 Å². The Morgan fingerprint density at radius 1 is 1.00 bits per heavy atom. The molecule has 0 radical (unpaired) electrons. The van der Waals surface area contributed by atoms with Crippen molar-refractivity contribution in [1.82, 2.24) is 0 Å². The number of amides is 1. The Hall–Kier alpha value is -1.87. The molecule has 0 atom stereocenters. The minimum absolute atomic E-state index is 0.159. The van der Waals surface area contributed by atoms with Crippen molar-refractivity contribution in [3.8, 4) is 0 Å². The van der Waals surface area contributed by atoms with Crippen molar-refractivity contribution >= 4 is 71.1 Å². The summed E-state index contributed by atoms with van der Waals surface area (Å²) >= 11 is 8.17. The molecule has 1 aliphatic heterocycles. The quantitative estimate of drug-likeness (QED) is 0.355. The van der Waals surface area contributed by atoms with Gasteiger partial charge in [0.25, 0.3) is 5.91 Å². The largest absolute Gasteiger partial charge is 0.320 e. The van der Waals surface area contributed by atoms with Gasteiger partial charge in [0.2, 0.25) is 0 Å². The van der Waals surface area contributed by atoms with Crippen LogP contribution in [0.3, 0.4) is 0 Å². The first-order chi connectivity index (χ1) is 14.7. The van der Waals surface area contributed by atoms with Gasteiger partial charge in [-0.25, -0.2) is 8.42 Å². The van der Waals surface area contributed by atoms with E-state index in [0.29, 0.717) is 16.2 Å². The Morgan fingerprint density at radius 2 is 1.68 bits per heavy atom. The van der Waals surface area contributed by atoms with E-state index >= 15 is 0 Å². The zero-order chi connectivity index (χ0) is 22.2. The summed E-state index contributed by atoms with van der Waals surface area (Å²) in [4.78, 5) is 14.1. The summed E-state index contributed by atoms with van der Waals surface area (Å²) in [5.41, 5.74) is 3.24. The SMILES string of the molecule is Cc1ccc(C=C2Sc3ccc(S(=O)(=O)Cc4c(Br)cccc4Br)cc3NC2=O)cc1. The maximum Gasteiger partial charge on any atom is 0.262 e. The number of benzene rings is 3. The van der Waals surface area contributed by atoms with Crippen LogP contribution in [0.1, 0.15) is 16.7 Å². The highest BCUT2D eigenvalue weighted by Crippen LogP contribution is 2.40. The summed E-state index contributed by atoms with van der Waals surface area (Å²) in [6.07, 6.45) is 1.83. The Balaban J connectivity index is 1.62. The fourth-order valence-corrected chi connectivity index (χ4v) is 7.10. The van der Waals surface area contributed by atoms with Gasteiger partial charge in [-0.2, -0.15) is 0 Å². The second-order valence-electron chi connectivity index (χ2n) is 7.09. The Kier molecular flexibility index (Phi) is 6.44. The van der Waals surface area contributed by atoms with Gasteiger partial charge in [-0.3, -0.25) is 4.79 Å². The first-order valence-electron chi connectivity index (χ1n) is 9.30. The van der Waals surface area contributed by atoms with E-state index in [4.69, 9.17) is 0 Å². The molecule has 3 aromatic rings. The van der Waals surface area contributed by atoms with Crippen LogP contribution in [0, 0.1) is 6.92 Å². The number of aryl methyl sites for hydroxylation is 1. The molecule has 0 saturated heterocycles. The van der Waals surface area contributed by atoms with Crippen LogP contribution in [-0.2, 0) is 20.4 Å². The summed E-state index contributed by atoms with van der Waals surface area (Å²) in [5.74, 6) is -0.408. The van der Waals surface area contributed by atoms with Crippen molar-refractivity contribution in [3.05, 3.63) is 91.2 Å². The second kappa shape index (κ2) is 8.94. The lowest BCUT2D eigenvalue weighted by molar-refractivity contribution is -0.112. The molecule has 0 saturated carbocycles. The molecule has 1 heterocycles. The molecule has 4 rings (SSSR count). The Morgan fingerprint density at radius 3 is 2.35 bits per heavy atom. The fraction of sp³-hybridized carbons (Fsp3) is 0.0870. The molecule has 31 heavy (non-hydrogen) atoms. The molecule has 1 N–H and O–H groups in total. The van der Waals surface area contributed by atoms with Gasteiger partial charge in [-0.05, 0) is 54.5 Å². The van der Waals surface area contributed by atoms with Crippen LogP contribution in [0.2, 0.25) is 0 Å². The van der Waals surface area contributed by atoms with Crippen molar-refractivity contribution < 1.29 is 13.2 Å². The fourth-order valence-electron chi connectivity index (χ4n) is 3.09. The van der Waals surface area contributed by atoms with E-state index in [1.165, 1.54) is 17.8 Å². The third kappa shape index (κ3) is 4.98. The first kappa shape index (κ1) is 22.3. The topological polar surface area (TPSA) is 63.2 Å². The maximum atomic E-state index is 13.0. The van der Waals surface area contributed by atoms with Gasteiger partial charge in [-0.15, -0.1) is 0 Å². The average Bonchev–Trinajstić information content (AvgIpc) is 2.72. The molecule has 0 unspecified atom stereocenters. The van der Waals surface area contributed by atoms with E-state index in [-0.39, 0.29) is 16.6 Å². The van der Waals surface area contributed by atoms with E-state index in [9.17, 15) is 13.2 Å². The predicted octanol–water partition coefficient (Wildman–Crippen LogP) is 6.58. The van der Waals surface area contributed by atoms with Crippen LogP contribution in [-0.4, -0.2) is 14.3 Å². The van der Waals surface area contributed by atoms with Gasteiger partial charge in [-0.1, -0.05) is 79.5 Å². The first-order valence-corrected chi connectivity index (χ1v) is 13.4. The summed E-state index contributed by atoms with van der Waals surface area (Å²) in [5, 5.41) is 2.83. The molecule has 1 aliphatic rings. The molecule has 158 valence electrons. The van der Waals surface area contributed by atoms with Crippen molar-refractivity contribution in [2.75, 3.05) is 5.32 Å². The Bertz CT molecular complexity index is 1300. The van der Waals surface area contributed by atoms with Crippen LogP contribution >= 0.6 is 43.6 Å². The molecule has 8 heteroatoms. The number of hydrogen-bond acceptors (Lipinski definition) is 4. The van der Waals surface area contributed by atoms with E-state index in [1.54, 1.807) is 24.3 Å². The number of carbonyl (C=O) groups is 1. The van der Waals surface area contributed by atoms with Crippen LogP contribution in [0.25, 0.3) is 6.08 Å². The standard InChI is InChI=1S/C23H17Br2NO3S2/c1-14-5-7-15(8-6-14)11-22-23(27)26-20-12-16(9-10-21(20)30-22)31(28,29)13-17-18(24)3-2-4-19(17)25/h2-12H,13H2,1H3,(H,26,27). The van der Waals surface area contributed by atoms with Gasteiger partial charge in [0.05, 0.1) is 21.2 Å². The van der Waals surface area contributed by atoms with Crippen molar-refractivity contribution in [3.63, 3.8) is 0 Å². The van der Waals surface area contributed by atoms with Crippen LogP contribution < -0.4 is 5.32 Å². The molecule has 3 aromatic carbocycles.